The molecule has 0 unspecified atom stereocenters. The van der Waals surface area contributed by atoms with Crippen LogP contribution >= 0.6 is 11.3 Å². The van der Waals surface area contributed by atoms with Gasteiger partial charge in [0.2, 0.25) is 0 Å². The van der Waals surface area contributed by atoms with Crippen LogP contribution in [0, 0.1) is 28.5 Å². The summed E-state index contributed by atoms with van der Waals surface area (Å²) >= 11 is 1.36. The summed E-state index contributed by atoms with van der Waals surface area (Å²) < 4.78 is 13.0. The molecule has 0 saturated heterocycles. The van der Waals surface area contributed by atoms with Crippen LogP contribution in [0.2, 0.25) is 0 Å². The lowest BCUT2D eigenvalue weighted by Gasteiger charge is -1.97. The van der Waals surface area contributed by atoms with E-state index in [1.165, 1.54) is 23.5 Å². The van der Waals surface area contributed by atoms with Crippen molar-refractivity contribution >= 4 is 23.0 Å². The van der Waals surface area contributed by atoms with Crippen molar-refractivity contribution in [2.75, 3.05) is 0 Å². The van der Waals surface area contributed by atoms with Crippen LogP contribution in [0.5, 0.6) is 0 Å². The highest BCUT2D eigenvalue weighted by atomic mass is 32.1. The van der Waals surface area contributed by atoms with E-state index in [4.69, 9.17) is 5.26 Å². The zero-order valence-corrected chi connectivity index (χ0v) is 13.2. The standard InChI is InChI=1S/C19H10FN3S/c20-17-7-5-15(6-8-17)18-12-24-19(23-18)16(11-22)9-13-1-3-14(10-21)4-2-13/h1-9,12H/b16-9+. The predicted octanol–water partition coefficient (Wildman–Crippen LogP) is 4.89. The first-order chi connectivity index (χ1) is 11.7. The topological polar surface area (TPSA) is 60.5 Å². The van der Waals surface area contributed by atoms with Crippen molar-refractivity contribution in [2.45, 2.75) is 0 Å². The Labute approximate surface area is 142 Å². The van der Waals surface area contributed by atoms with Gasteiger partial charge in [-0.05, 0) is 48.0 Å². The minimum absolute atomic E-state index is 0.298. The molecule has 0 atom stereocenters. The third-order valence-electron chi connectivity index (χ3n) is 3.35. The van der Waals surface area contributed by atoms with Crippen LogP contribution < -0.4 is 0 Å². The zero-order valence-electron chi connectivity index (χ0n) is 12.4. The Balaban J connectivity index is 1.91. The lowest BCUT2D eigenvalue weighted by Crippen LogP contribution is -1.84. The van der Waals surface area contributed by atoms with Crippen LogP contribution in [0.3, 0.4) is 0 Å². The SMILES string of the molecule is N#C/C(=C\c1ccc(C#N)cc1)c1nc(-c2ccc(F)cc2)cs1. The van der Waals surface area contributed by atoms with Gasteiger partial charge in [-0.3, -0.25) is 0 Å². The highest BCUT2D eigenvalue weighted by Gasteiger charge is 2.09. The van der Waals surface area contributed by atoms with Crippen LogP contribution in [0.1, 0.15) is 16.1 Å². The number of nitriles is 2. The van der Waals surface area contributed by atoms with Gasteiger partial charge < -0.3 is 0 Å². The van der Waals surface area contributed by atoms with E-state index in [-0.39, 0.29) is 5.82 Å². The second-order valence-electron chi connectivity index (χ2n) is 4.95. The Bertz CT molecular complexity index is 971. The molecule has 0 aliphatic rings. The number of thiazole rings is 1. The van der Waals surface area contributed by atoms with Gasteiger partial charge in [0.1, 0.15) is 16.9 Å². The lowest BCUT2D eigenvalue weighted by atomic mass is 10.1. The van der Waals surface area contributed by atoms with Gasteiger partial charge in [0.05, 0.1) is 22.9 Å². The molecule has 2 aromatic carbocycles. The largest absolute Gasteiger partial charge is 0.235 e. The molecule has 0 N–H and O–H groups in total. The van der Waals surface area contributed by atoms with Gasteiger partial charge in [0, 0.05) is 10.9 Å². The highest BCUT2D eigenvalue weighted by molar-refractivity contribution is 7.11. The van der Waals surface area contributed by atoms with Crippen molar-refractivity contribution in [1.29, 1.82) is 10.5 Å². The second-order valence-corrected chi connectivity index (χ2v) is 5.81. The number of benzene rings is 2. The van der Waals surface area contributed by atoms with E-state index >= 15 is 0 Å². The number of rotatable bonds is 3. The Morgan fingerprint density at radius 2 is 1.75 bits per heavy atom. The monoisotopic (exact) mass is 331 g/mol. The predicted molar refractivity (Wildman–Crippen MR) is 92.1 cm³/mol. The minimum atomic E-state index is -0.298. The summed E-state index contributed by atoms with van der Waals surface area (Å²) in [4.78, 5) is 4.46. The molecule has 1 aromatic heterocycles. The Kier molecular flexibility index (Phi) is 4.47. The molecule has 0 saturated carbocycles. The van der Waals surface area contributed by atoms with E-state index in [1.807, 2.05) is 5.38 Å². The van der Waals surface area contributed by atoms with Crippen LogP contribution in [-0.2, 0) is 0 Å². The summed E-state index contributed by atoms with van der Waals surface area (Å²) in [5.41, 5.74) is 3.34. The van der Waals surface area contributed by atoms with E-state index in [0.717, 1.165) is 11.1 Å². The molecule has 0 amide bonds. The number of allylic oxidation sites excluding steroid dienone is 1. The van der Waals surface area contributed by atoms with E-state index in [9.17, 15) is 9.65 Å². The summed E-state index contributed by atoms with van der Waals surface area (Å²) in [5.74, 6) is -0.298. The summed E-state index contributed by atoms with van der Waals surface area (Å²) in [6.07, 6.45) is 1.73. The summed E-state index contributed by atoms with van der Waals surface area (Å²) in [5, 5.41) is 20.7. The Morgan fingerprint density at radius 1 is 1.04 bits per heavy atom. The number of hydrogen-bond donors (Lipinski definition) is 0. The molecule has 3 rings (SSSR count). The van der Waals surface area contributed by atoms with Gasteiger partial charge in [-0.25, -0.2) is 9.37 Å². The van der Waals surface area contributed by atoms with Crippen LogP contribution in [0.25, 0.3) is 22.9 Å². The molecule has 0 radical (unpaired) electrons. The quantitative estimate of drug-likeness (QED) is 0.642. The van der Waals surface area contributed by atoms with E-state index in [1.54, 1.807) is 42.5 Å². The first-order valence-electron chi connectivity index (χ1n) is 7.03. The van der Waals surface area contributed by atoms with Gasteiger partial charge >= 0.3 is 0 Å². The lowest BCUT2D eigenvalue weighted by molar-refractivity contribution is 0.628. The fraction of sp³-hybridized carbons (Fsp3) is 0. The first kappa shape index (κ1) is 15.6. The maximum Gasteiger partial charge on any atom is 0.134 e. The van der Waals surface area contributed by atoms with Crippen LogP contribution in [0.4, 0.5) is 4.39 Å². The van der Waals surface area contributed by atoms with Crippen LogP contribution in [0.15, 0.2) is 53.9 Å². The maximum absolute atomic E-state index is 13.0. The van der Waals surface area contributed by atoms with Crippen molar-refractivity contribution < 1.29 is 4.39 Å². The molecule has 0 aliphatic carbocycles. The zero-order chi connectivity index (χ0) is 16.9. The summed E-state index contributed by atoms with van der Waals surface area (Å²) in [6.45, 7) is 0. The fourth-order valence-corrected chi connectivity index (χ4v) is 2.91. The van der Waals surface area contributed by atoms with Crippen molar-refractivity contribution in [3.63, 3.8) is 0 Å². The number of nitrogens with zero attached hydrogens (tertiary/aromatic N) is 3. The molecule has 3 nitrogen and oxygen atoms in total. The summed E-state index contributed by atoms with van der Waals surface area (Å²) in [7, 11) is 0. The van der Waals surface area contributed by atoms with Gasteiger partial charge in [0.15, 0.2) is 0 Å². The van der Waals surface area contributed by atoms with Crippen molar-refractivity contribution in [1.82, 2.24) is 4.98 Å². The highest BCUT2D eigenvalue weighted by Crippen LogP contribution is 2.27. The number of halogens is 1. The van der Waals surface area contributed by atoms with Crippen molar-refractivity contribution in [3.05, 3.63) is 75.9 Å². The second kappa shape index (κ2) is 6.87. The average Bonchev–Trinajstić information content (AvgIpc) is 3.10. The Morgan fingerprint density at radius 3 is 2.38 bits per heavy atom. The molecule has 3 aromatic rings. The fourth-order valence-electron chi connectivity index (χ4n) is 2.11. The number of aromatic nitrogens is 1. The summed E-state index contributed by atoms with van der Waals surface area (Å²) in [6, 6.07) is 17.3. The van der Waals surface area contributed by atoms with E-state index in [0.29, 0.717) is 21.8 Å². The number of hydrogen-bond acceptors (Lipinski definition) is 4. The molecule has 1 heterocycles. The van der Waals surface area contributed by atoms with Crippen LogP contribution in [-0.4, -0.2) is 4.98 Å². The van der Waals surface area contributed by atoms with E-state index in [2.05, 4.69) is 17.1 Å². The van der Waals surface area contributed by atoms with Gasteiger partial charge in [0.25, 0.3) is 0 Å². The third kappa shape index (κ3) is 3.38. The third-order valence-corrected chi connectivity index (χ3v) is 4.22. The minimum Gasteiger partial charge on any atom is -0.235 e. The van der Waals surface area contributed by atoms with Crippen molar-refractivity contribution in [2.24, 2.45) is 0 Å². The normalized spacial score (nSPS) is 10.9. The molecule has 114 valence electrons. The molecule has 5 heteroatoms. The molecular formula is C19H10FN3S. The Hall–Kier alpha value is -3.28. The molecular weight excluding hydrogens is 321 g/mol. The molecule has 24 heavy (non-hydrogen) atoms. The molecule has 0 spiro atoms. The average molecular weight is 331 g/mol. The molecule has 0 fully saturated rings. The maximum atomic E-state index is 13.0. The molecule has 0 bridgehead atoms. The van der Waals surface area contributed by atoms with E-state index < -0.39 is 0 Å². The smallest absolute Gasteiger partial charge is 0.134 e. The molecule has 0 aliphatic heterocycles. The van der Waals surface area contributed by atoms with Gasteiger partial charge in [-0.15, -0.1) is 11.3 Å². The first-order valence-corrected chi connectivity index (χ1v) is 7.91. The van der Waals surface area contributed by atoms with Gasteiger partial charge in [-0.2, -0.15) is 10.5 Å². The van der Waals surface area contributed by atoms with Crippen molar-refractivity contribution in [3.8, 4) is 23.4 Å². The van der Waals surface area contributed by atoms with Gasteiger partial charge in [-0.1, -0.05) is 12.1 Å².